The second-order valence-corrected chi connectivity index (χ2v) is 9.02. The van der Waals surface area contributed by atoms with E-state index in [1.807, 2.05) is 18.2 Å². The first-order chi connectivity index (χ1) is 16.0. The number of imide groups is 1. The number of nitrogens with zero attached hydrogens (tertiary/aromatic N) is 3. The maximum atomic E-state index is 12.8. The Morgan fingerprint density at radius 3 is 2.61 bits per heavy atom. The van der Waals surface area contributed by atoms with Crippen molar-refractivity contribution in [2.45, 2.75) is 44.6 Å². The molecule has 1 aromatic heterocycles. The van der Waals surface area contributed by atoms with E-state index in [0.717, 1.165) is 81.8 Å². The molecule has 33 heavy (non-hydrogen) atoms. The van der Waals surface area contributed by atoms with Crippen LogP contribution in [0, 0.1) is 0 Å². The smallest absolute Gasteiger partial charge is 0.329 e. The van der Waals surface area contributed by atoms with Crippen LogP contribution in [0.2, 0.25) is 0 Å². The number of imidazole rings is 1. The third-order valence-electron chi connectivity index (χ3n) is 6.65. The molecule has 2 amide bonds. The number of aryl methyl sites for hydroxylation is 2. The SMILES string of the molecule is Cn1c(=O)n(C2CCC(=O)NC2=O)c2ccc(CCCOCCCCN3CCNCC3)cc21. The van der Waals surface area contributed by atoms with E-state index in [9.17, 15) is 14.4 Å². The van der Waals surface area contributed by atoms with E-state index < -0.39 is 11.9 Å². The molecule has 0 radical (unpaired) electrons. The standard InChI is InChI=1S/C24H35N5O4/c1-27-21-17-18(5-4-16-33-15-3-2-12-28-13-10-25-11-14-28)6-7-19(21)29(24(27)32)20-8-9-22(30)26-23(20)31/h6-7,17,20,25H,2-5,8-16H2,1H3,(H,26,30,31). The highest BCUT2D eigenvalue weighted by atomic mass is 16.5. The van der Waals surface area contributed by atoms with Crippen molar-refractivity contribution in [3.05, 3.63) is 34.2 Å². The molecule has 2 saturated heterocycles. The topological polar surface area (TPSA) is 97.6 Å². The normalized spacial score (nSPS) is 19.8. The van der Waals surface area contributed by atoms with Crippen LogP contribution in [-0.2, 0) is 27.8 Å². The Kier molecular flexibility index (Phi) is 7.95. The average molecular weight is 458 g/mol. The molecule has 9 nitrogen and oxygen atoms in total. The van der Waals surface area contributed by atoms with Crippen LogP contribution < -0.4 is 16.3 Å². The van der Waals surface area contributed by atoms with Crippen molar-refractivity contribution in [3.8, 4) is 0 Å². The molecule has 2 aliphatic rings. The summed E-state index contributed by atoms with van der Waals surface area (Å²) in [6, 6.07) is 5.29. The van der Waals surface area contributed by atoms with E-state index in [4.69, 9.17) is 4.74 Å². The number of ether oxygens (including phenoxy) is 1. The zero-order valence-corrected chi connectivity index (χ0v) is 19.5. The highest BCUT2D eigenvalue weighted by Gasteiger charge is 2.31. The van der Waals surface area contributed by atoms with Gasteiger partial charge in [-0.05, 0) is 56.3 Å². The van der Waals surface area contributed by atoms with E-state index >= 15 is 0 Å². The lowest BCUT2D eigenvalue weighted by atomic mass is 10.1. The number of amides is 2. The summed E-state index contributed by atoms with van der Waals surface area (Å²) in [4.78, 5) is 39.1. The lowest BCUT2D eigenvalue weighted by Crippen LogP contribution is -2.44. The molecule has 1 unspecified atom stereocenters. The molecule has 4 rings (SSSR count). The maximum Gasteiger partial charge on any atom is 0.329 e. The van der Waals surface area contributed by atoms with E-state index in [1.54, 1.807) is 11.6 Å². The molecule has 2 aliphatic heterocycles. The molecule has 2 N–H and O–H groups in total. The van der Waals surface area contributed by atoms with Gasteiger partial charge in [0.1, 0.15) is 6.04 Å². The Hall–Kier alpha value is -2.49. The predicted octanol–water partition coefficient (Wildman–Crippen LogP) is 0.952. The monoisotopic (exact) mass is 457 g/mol. The number of carbonyl (C=O) groups excluding carboxylic acids is 2. The number of hydrogen-bond acceptors (Lipinski definition) is 6. The Morgan fingerprint density at radius 2 is 1.82 bits per heavy atom. The molecule has 0 saturated carbocycles. The first-order valence-corrected chi connectivity index (χ1v) is 12.1. The van der Waals surface area contributed by atoms with Gasteiger partial charge in [0.15, 0.2) is 0 Å². The van der Waals surface area contributed by atoms with E-state index in [2.05, 4.69) is 15.5 Å². The van der Waals surface area contributed by atoms with Crippen LogP contribution in [-0.4, -0.2) is 71.8 Å². The fraction of sp³-hybridized carbons (Fsp3) is 0.625. The largest absolute Gasteiger partial charge is 0.381 e. The molecule has 180 valence electrons. The number of carbonyl (C=O) groups is 2. The van der Waals surface area contributed by atoms with Crippen LogP contribution in [0.5, 0.6) is 0 Å². The minimum absolute atomic E-state index is 0.235. The summed E-state index contributed by atoms with van der Waals surface area (Å²) >= 11 is 0. The van der Waals surface area contributed by atoms with Crippen molar-refractivity contribution < 1.29 is 14.3 Å². The lowest BCUT2D eigenvalue weighted by molar-refractivity contribution is -0.135. The van der Waals surface area contributed by atoms with Crippen molar-refractivity contribution in [1.29, 1.82) is 0 Å². The number of piperidine rings is 1. The quantitative estimate of drug-likeness (QED) is 0.407. The zero-order chi connectivity index (χ0) is 23.2. The highest BCUT2D eigenvalue weighted by molar-refractivity contribution is 6.00. The van der Waals surface area contributed by atoms with Gasteiger partial charge in [-0.2, -0.15) is 0 Å². The number of rotatable bonds is 10. The van der Waals surface area contributed by atoms with E-state index in [0.29, 0.717) is 6.42 Å². The molecular weight excluding hydrogens is 422 g/mol. The summed E-state index contributed by atoms with van der Waals surface area (Å²) < 4.78 is 8.92. The lowest BCUT2D eigenvalue weighted by Gasteiger charge is -2.26. The van der Waals surface area contributed by atoms with Crippen LogP contribution in [0.4, 0.5) is 0 Å². The van der Waals surface area contributed by atoms with Gasteiger partial charge in [0.05, 0.1) is 11.0 Å². The molecule has 9 heteroatoms. The number of fused-ring (bicyclic) bond motifs is 1. The molecule has 0 bridgehead atoms. The molecular formula is C24H35N5O4. The van der Waals surface area contributed by atoms with Crippen molar-refractivity contribution >= 4 is 22.8 Å². The zero-order valence-electron chi connectivity index (χ0n) is 19.5. The van der Waals surface area contributed by atoms with Crippen LogP contribution in [0.25, 0.3) is 11.0 Å². The summed E-state index contributed by atoms with van der Waals surface area (Å²) in [5.41, 5.74) is 2.43. The summed E-state index contributed by atoms with van der Waals surface area (Å²) in [6.45, 7) is 7.16. The van der Waals surface area contributed by atoms with Gasteiger partial charge in [-0.3, -0.25) is 24.0 Å². The molecule has 2 fully saturated rings. The van der Waals surface area contributed by atoms with E-state index in [1.165, 1.54) is 11.0 Å². The Balaban J connectivity index is 1.25. The first kappa shape index (κ1) is 23.7. The predicted molar refractivity (Wildman–Crippen MR) is 126 cm³/mol. The number of piperazine rings is 1. The molecule has 2 aromatic rings. The van der Waals surface area contributed by atoms with Crippen molar-refractivity contribution in [3.63, 3.8) is 0 Å². The van der Waals surface area contributed by atoms with Crippen LogP contribution in [0.3, 0.4) is 0 Å². The summed E-state index contributed by atoms with van der Waals surface area (Å²) in [5, 5.41) is 5.72. The molecule has 0 aliphatic carbocycles. The third kappa shape index (κ3) is 5.72. The van der Waals surface area contributed by atoms with E-state index in [-0.39, 0.29) is 18.0 Å². The fourth-order valence-electron chi connectivity index (χ4n) is 4.75. The average Bonchev–Trinajstić information content (AvgIpc) is 3.06. The molecule has 1 atom stereocenters. The number of hydrogen-bond donors (Lipinski definition) is 2. The van der Waals surface area contributed by atoms with Gasteiger partial charge in [0, 0.05) is 52.9 Å². The van der Waals surface area contributed by atoms with Gasteiger partial charge in [-0.1, -0.05) is 6.07 Å². The number of benzene rings is 1. The summed E-state index contributed by atoms with van der Waals surface area (Å²) in [7, 11) is 1.72. The summed E-state index contributed by atoms with van der Waals surface area (Å²) in [5.74, 6) is -0.691. The van der Waals surface area contributed by atoms with Crippen LogP contribution in [0.15, 0.2) is 23.0 Å². The van der Waals surface area contributed by atoms with Gasteiger partial charge in [0.2, 0.25) is 11.8 Å². The second kappa shape index (κ2) is 11.1. The Morgan fingerprint density at radius 1 is 1.03 bits per heavy atom. The Bertz CT molecular complexity index is 1040. The third-order valence-corrected chi connectivity index (χ3v) is 6.65. The number of nitrogens with one attached hydrogen (secondary N) is 2. The minimum Gasteiger partial charge on any atom is -0.381 e. The fourth-order valence-corrected chi connectivity index (χ4v) is 4.75. The maximum absolute atomic E-state index is 12.8. The van der Waals surface area contributed by atoms with Gasteiger partial charge >= 0.3 is 5.69 Å². The minimum atomic E-state index is -0.648. The number of aromatic nitrogens is 2. The van der Waals surface area contributed by atoms with Crippen LogP contribution in [0.1, 0.15) is 43.7 Å². The highest BCUT2D eigenvalue weighted by Crippen LogP contribution is 2.24. The molecule has 0 spiro atoms. The second-order valence-electron chi connectivity index (χ2n) is 9.02. The molecule has 1 aromatic carbocycles. The number of unbranched alkanes of at least 4 members (excludes halogenated alkanes) is 1. The Labute approximate surface area is 194 Å². The van der Waals surface area contributed by atoms with Gasteiger partial charge in [-0.25, -0.2) is 4.79 Å². The van der Waals surface area contributed by atoms with Crippen molar-refractivity contribution in [1.82, 2.24) is 24.7 Å². The van der Waals surface area contributed by atoms with Gasteiger partial charge in [0.25, 0.3) is 0 Å². The van der Waals surface area contributed by atoms with Crippen LogP contribution >= 0.6 is 0 Å². The van der Waals surface area contributed by atoms with Crippen molar-refractivity contribution in [2.75, 3.05) is 45.9 Å². The molecule has 3 heterocycles. The van der Waals surface area contributed by atoms with Gasteiger partial charge in [-0.15, -0.1) is 0 Å². The first-order valence-electron chi connectivity index (χ1n) is 12.1. The van der Waals surface area contributed by atoms with Crippen molar-refractivity contribution in [2.24, 2.45) is 7.05 Å². The summed E-state index contributed by atoms with van der Waals surface area (Å²) in [6.07, 6.45) is 4.64. The van der Waals surface area contributed by atoms with Gasteiger partial charge < -0.3 is 15.0 Å².